The van der Waals surface area contributed by atoms with Crippen molar-refractivity contribution in [2.24, 2.45) is 0 Å². The maximum absolute atomic E-state index is 11.1. The van der Waals surface area contributed by atoms with Crippen LogP contribution in [0.1, 0.15) is 12.0 Å². The summed E-state index contributed by atoms with van der Waals surface area (Å²) in [5.74, 6) is -1.47. The highest BCUT2D eigenvalue weighted by Gasteiger charge is 2.28. The van der Waals surface area contributed by atoms with Crippen LogP contribution in [0.5, 0.6) is 0 Å². The number of rotatable bonds is 3. The Kier molecular flexibility index (Phi) is 2.72. The zero-order valence-electron chi connectivity index (χ0n) is 8.42. The van der Waals surface area contributed by atoms with Crippen molar-refractivity contribution in [1.29, 1.82) is 0 Å². The summed E-state index contributed by atoms with van der Waals surface area (Å²) in [6.45, 7) is 0. The molecular formula is C12H10O4. The molecule has 16 heavy (non-hydrogen) atoms. The number of carbonyl (C=O) groups is 2. The molecule has 1 aromatic carbocycles. The first-order chi connectivity index (χ1) is 7.66. The molecule has 0 aromatic heterocycles. The average molecular weight is 218 g/mol. The molecular weight excluding hydrogens is 208 g/mol. The highest BCUT2D eigenvalue weighted by Crippen LogP contribution is 2.27. The molecule has 1 atom stereocenters. The summed E-state index contributed by atoms with van der Waals surface area (Å²) < 4.78 is 4.93. The van der Waals surface area contributed by atoms with Gasteiger partial charge in [-0.1, -0.05) is 30.3 Å². The van der Waals surface area contributed by atoms with Gasteiger partial charge in [-0.15, -0.1) is 0 Å². The first-order valence-corrected chi connectivity index (χ1v) is 4.86. The maximum Gasteiger partial charge on any atom is 0.331 e. The molecule has 4 nitrogen and oxygen atoms in total. The van der Waals surface area contributed by atoms with Crippen molar-refractivity contribution in [3.63, 3.8) is 0 Å². The number of ether oxygens (including phenoxy) is 1. The minimum Gasteiger partial charge on any atom is -0.481 e. The Morgan fingerprint density at radius 2 is 2.00 bits per heavy atom. The van der Waals surface area contributed by atoms with Crippen LogP contribution in [0.3, 0.4) is 0 Å². The molecule has 0 fully saturated rings. The molecule has 4 heteroatoms. The average Bonchev–Trinajstić information content (AvgIpc) is 2.60. The molecule has 1 aliphatic rings. The molecule has 1 N–H and O–H groups in total. The summed E-state index contributed by atoms with van der Waals surface area (Å²) in [6, 6.07) is 9.16. The Bertz CT molecular complexity index is 447. The normalized spacial score (nSPS) is 19.1. The van der Waals surface area contributed by atoms with Gasteiger partial charge in [0.1, 0.15) is 6.10 Å². The molecule has 0 saturated heterocycles. The molecule has 82 valence electrons. The second kappa shape index (κ2) is 4.18. The van der Waals surface area contributed by atoms with Gasteiger partial charge in [0.2, 0.25) is 0 Å². The number of carbonyl (C=O) groups excluding carboxylic acids is 1. The third-order valence-corrected chi connectivity index (χ3v) is 2.35. The minimum absolute atomic E-state index is 0.202. The highest BCUT2D eigenvalue weighted by atomic mass is 16.5. The van der Waals surface area contributed by atoms with Crippen molar-refractivity contribution >= 4 is 17.5 Å². The van der Waals surface area contributed by atoms with E-state index in [-0.39, 0.29) is 6.42 Å². The number of carboxylic acids is 1. The van der Waals surface area contributed by atoms with Crippen molar-refractivity contribution in [3.05, 3.63) is 42.0 Å². The van der Waals surface area contributed by atoms with Gasteiger partial charge in [-0.25, -0.2) is 4.79 Å². The Balaban J connectivity index is 2.27. The molecule has 1 heterocycles. The van der Waals surface area contributed by atoms with Crippen LogP contribution >= 0.6 is 0 Å². The first kappa shape index (κ1) is 10.4. The molecule has 0 saturated carbocycles. The lowest BCUT2D eigenvalue weighted by Crippen LogP contribution is -2.16. The van der Waals surface area contributed by atoms with E-state index in [9.17, 15) is 9.59 Å². The number of benzene rings is 1. The smallest absolute Gasteiger partial charge is 0.331 e. The van der Waals surface area contributed by atoms with Crippen LogP contribution in [-0.2, 0) is 14.3 Å². The van der Waals surface area contributed by atoms with Crippen LogP contribution in [0.2, 0.25) is 0 Å². The largest absolute Gasteiger partial charge is 0.481 e. The Morgan fingerprint density at radius 3 is 2.62 bits per heavy atom. The summed E-state index contributed by atoms with van der Waals surface area (Å²) in [4.78, 5) is 21.7. The van der Waals surface area contributed by atoms with E-state index in [1.807, 2.05) is 30.3 Å². The lowest BCUT2D eigenvalue weighted by atomic mass is 9.99. The number of esters is 1. The summed E-state index contributed by atoms with van der Waals surface area (Å²) in [6.07, 6.45) is 0.475. The van der Waals surface area contributed by atoms with Gasteiger partial charge in [0.05, 0.1) is 6.42 Å². The molecule has 0 spiro atoms. The molecule has 2 rings (SSSR count). The SMILES string of the molecule is O=C(O)CC1OC(=O)C=C1c1ccccc1. The number of hydrogen-bond acceptors (Lipinski definition) is 3. The van der Waals surface area contributed by atoms with Crippen molar-refractivity contribution in [1.82, 2.24) is 0 Å². The van der Waals surface area contributed by atoms with Crippen LogP contribution in [0.4, 0.5) is 0 Å². The third-order valence-electron chi connectivity index (χ3n) is 2.35. The molecule has 1 aromatic rings. The van der Waals surface area contributed by atoms with Crippen LogP contribution in [0.15, 0.2) is 36.4 Å². The van der Waals surface area contributed by atoms with Gasteiger partial charge >= 0.3 is 11.9 Å². The van der Waals surface area contributed by atoms with Gasteiger partial charge in [0.25, 0.3) is 0 Å². The molecule has 1 unspecified atom stereocenters. The lowest BCUT2D eigenvalue weighted by molar-refractivity contribution is -0.144. The van der Waals surface area contributed by atoms with E-state index in [1.165, 1.54) is 6.08 Å². The van der Waals surface area contributed by atoms with Gasteiger partial charge in [-0.2, -0.15) is 0 Å². The fourth-order valence-corrected chi connectivity index (χ4v) is 1.67. The highest BCUT2D eigenvalue weighted by molar-refractivity contribution is 5.98. The van der Waals surface area contributed by atoms with E-state index in [0.717, 1.165) is 5.56 Å². The fraction of sp³-hybridized carbons (Fsp3) is 0.167. The topological polar surface area (TPSA) is 63.6 Å². The lowest BCUT2D eigenvalue weighted by Gasteiger charge is -2.11. The van der Waals surface area contributed by atoms with Crippen LogP contribution in [0, 0.1) is 0 Å². The molecule has 0 bridgehead atoms. The van der Waals surface area contributed by atoms with Crippen molar-refractivity contribution in [2.75, 3.05) is 0 Å². The van der Waals surface area contributed by atoms with E-state index >= 15 is 0 Å². The van der Waals surface area contributed by atoms with Gasteiger partial charge in [-0.3, -0.25) is 4.79 Å². The molecule has 0 aliphatic carbocycles. The molecule has 1 aliphatic heterocycles. The van der Waals surface area contributed by atoms with Gasteiger partial charge in [0, 0.05) is 11.6 Å². The van der Waals surface area contributed by atoms with E-state index in [1.54, 1.807) is 0 Å². The Labute approximate surface area is 92.2 Å². The standard InChI is InChI=1S/C12H10O4/c13-11(14)7-10-9(6-12(15)16-10)8-4-2-1-3-5-8/h1-6,10H,7H2,(H,13,14). The zero-order valence-corrected chi connectivity index (χ0v) is 8.42. The number of carboxylic acid groups (broad SMARTS) is 1. The predicted octanol–water partition coefficient (Wildman–Crippen LogP) is 1.47. The van der Waals surface area contributed by atoms with Gasteiger partial charge in [0.15, 0.2) is 0 Å². The van der Waals surface area contributed by atoms with Crippen LogP contribution in [0.25, 0.3) is 5.57 Å². The maximum atomic E-state index is 11.1. The van der Waals surface area contributed by atoms with Crippen molar-refractivity contribution < 1.29 is 19.4 Å². The number of hydrogen-bond donors (Lipinski definition) is 1. The fourth-order valence-electron chi connectivity index (χ4n) is 1.67. The summed E-state index contributed by atoms with van der Waals surface area (Å²) in [5.41, 5.74) is 1.45. The quantitative estimate of drug-likeness (QED) is 0.780. The van der Waals surface area contributed by atoms with E-state index in [2.05, 4.69) is 0 Å². The third kappa shape index (κ3) is 2.11. The van der Waals surface area contributed by atoms with Crippen LogP contribution < -0.4 is 0 Å². The van der Waals surface area contributed by atoms with Crippen molar-refractivity contribution in [2.45, 2.75) is 12.5 Å². The second-order valence-corrected chi connectivity index (χ2v) is 3.49. The molecule has 0 radical (unpaired) electrons. The van der Waals surface area contributed by atoms with Crippen LogP contribution in [-0.4, -0.2) is 23.1 Å². The monoisotopic (exact) mass is 218 g/mol. The van der Waals surface area contributed by atoms with E-state index in [0.29, 0.717) is 5.57 Å². The van der Waals surface area contributed by atoms with Gasteiger partial charge in [-0.05, 0) is 5.56 Å². The van der Waals surface area contributed by atoms with E-state index in [4.69, 9.17) is 9.84 Å². The summed E-state index contributed by atoms with van der Waals surface area (Å²) >= 11 is 0. The second-order valence-electron chi connectivity index (χ2n) is 3.49. The molecule has 0 amide bonds. The predicted molar refractivity (Wildman–Crippen MR) is 56.6 cm³/mol. The summed E-state index contributed by atoms with van der Waals surface area (Å²) in [7, 11) is 0. The summed E-state index contributed by atoms with van der Waals surface area (Å²) in [5, 5.41) is 8.71. The number of cyclic esters (lactones) is 1. The van der Waals surface area contributed by atoms with Crippen molar-refractivity contribution in [3.8, 4) is 0 Å². The first-order valence-electron chi connectivity index (χ1n) is 4.86. The zero-order chi connectivity index (χ0) is 11.5. The Morgan fingerprint density at radius 1 is 1.31 bits per heavy atom. The number of aliphatic carboxylic acids is 1. The van der Waals surface area contributed by atoms with E-state index < -0.39 is 18.0 Å². The van der Waals surface area contributed by atoms with Gasteiger partial charge < -0.3 is 9.84 Å². The Hall–Kier alpha value is -2.10. The minimum atomic E-state index is -0.985.